The second-order valence-electron chi connectivity index (χ2n) is 9.87. The third-order valence-electron chi connectivity index (χ3n) is 7.07. The van der Waals surface area contributed by atoms with Gasteiger partial charge in [-0.25, -0.2) is 0 Å². The molecule has 1 saturated heterocycles. The van der Waals surface area contributed by atoms with Crippen molar-refractivity contribution in [1.29, 1.82) is 0 Å². The van der Waals surface area contributed by atoms with Crippen LogP contribution in [-0.2, 0) is 11.3 Å². The molecule has 10 nitrogen and oxygen atoms in total. The lowest BCUT2D eigenvalue weighted by atomic mass is 10.1. The average molecular weight is 588 g/mol. The van der Waals surface area contributed by atoms with E-state index in [1.165, 1.54) is 12.3 Å². The van der Waals surface area contributed by atoms with Crippen LogP contribution >= 0.6 is 11.6 Å². The van der Waals surface area contributed by atoms with E-state index in [1.54, 1.807) is 60.8 Å². The molecule has 42 heavy (non-hydrogen) atoms. The van der Waals surface area contributed by atoms with Gasteiger partial charge in [-0.3, -0.25) is 14.4 Å². The monoisotopic (exact) mass is 587 g/mol. The number of fused-ring (bicyclic) bond motifs is 2. The molecule has 2 amide bonds. The van der Waals surface area contributed by atoms with Crippen LogP contribution < -0.4 is 26.7 Å². The molecular formula is C31H30ClN5O5. The summed E-state index contributed by atoms with van der Waals surface area (Å²) in [5, 5.41) is 2.70. The number of nitrogens with two attached hydrogens (primary N) is 3. The SMILES string of the molecule is N/C=C\C=C(/N)Oc1ccc2c(C(=O)COc3cc4ccc(Cl)cc4cc3C(N)=O)cn(CCN3CCCC3=O)c2c1. The number of amides is 2. The van der Waals surface area contributed by atoms with Crippen molar-refractivity contribution in [1.82, 2.24) is 9.47 Å². The summed E-state index contributed by atoms with van der Waals surface area (Å²) in [6, 6.07) is 13.8. The summed E-state index contributed by atoms with van der Waals surface area (Å²) >= 11 is 6.09. The van der Waals surface area contributed by atoms with E-state index in [0.29, 0.717) is 47.8 Å². The molecule has 1 aliphatic rings. The van der Waals surface area contributed by atoms with E-state index in [4.69, 9.17) is 38.3 Å². The van der Waals surface area contributed by atoms with Gasteiger partial charge in [0.2, 0.25) is 11.7 Å². The van der Waals surface area contributed by atoms with Crippen LogP contribution in [0, 0.1) is 0 Å². The minimum absolute atomic E-state index is 0.119. The fourth-order valence-corrected chi connectivity index (χ4v) is 5.19. The van der Waals surface area contributed by atoms with Crippen LogP contribution in [-0.4, -0.2) is 46.8 Å². The van der Waals surface area contributed by atoms with Crippen LogP contribution in [0.25, 0.3) is 21.7 Å². The van der Waals surface area contributed by atoms with Crippen LogP contribution in [0.4, 0.5) is 0 Å². The number of ketones is 1. The summed E-state index contributed by atoms with van der Waals surface area (Å²) in [4.78, 5) is 39.7. The first-order valence-corrected chi connectivity index (χ1v) is 13.7. The molecule has 1 aromatic heterocycles. The fourth-order valence-electron chi connectivity index (χ4n) is 5.01. The largest absolute Gasteiger partial charge is 0.485 e. The Morgan fingerprint density at radius 2 is 1.83 bits per heavy atom. The number of likely N-dealkylation sites (tertiary alicyclic amines) is 1. The van der Waals surface area contributed by atoms with Gasteiger partial charge in [-0.15, -0.1) is 0 Å². The van der Waals surface area contributed by atoms with Crippen molar-refractivity contribution >= 4 is 50.9 Å². The maximum atomic E-state index is 13.5. The Kier molecular flexibility index (Phi) is 8.35. The Morgan fingerprint density at radius 1 is 1.00 bits per heavy atom. The molecule has 11 heteroatoms. The number of aromatic nitrogens is 1. The first-order chi connectivity index (χ1) is 20.2. The normalized spacial score (nSPS) is 13.9. The molecule has 1 fully saturated rings. The molecule has 3 aromatic carbocycles. The molecule has 0 bridgehead atoms. The van der Waals surface area contributed by atoms with Crippen molar-refractivity contribution in [3.8, 4) is 11.5 Å². The van der Waals surface area contributed by atoms with Gasteiger partial charge in [0.1, 0.15) is 11.5 Å². The summed E-state index contributed by atoms with van der Waals surface area (Å²) in [6.45, 7) is 1.36. The number of hydrogen-bond donors (Lipinski definition) is 3. The number of nitrogens with zero attached hydrogens (tertiary/aromatic N) is 2. The molecule has 2 heterocycles. The van der Waals surface area contributed by atoms with E-state index in [2.05, 4.69) is 0 Å². The molecule has 0 atom stereocenters. The Labute approximate surface area is 246 Å². The number of hydrogen-bond acceptors (Lipinski definition) is 7. The number of carbonyl (C=O) groups is 3. The first-order valence-electron chi connectivity index (χ1n) is 13.3. The molecule has 0 aliphatic carbocycles. The van der Waals surface area contributed by atoms with E-state index in [9.17, 15) is 14.4 Å². The van der Waals surface area contributed by atoms with Crippen LogP contribution in [0.3, 0.4) is 0 Å². The zero-order valence-corrected chi connectivity index (χ0v) is 23.5. The topological polar surface area (TPSA) is 156 Å². The number of carbonyl (C=O) groups excluding carboxylic acids is 3. The van der Waals surface area contributed by atoms with Crippen molar-refractivity contribution in [2.75, 3.05) is 19.7 Å². The van der Waals surface area contributed by atoms with Gasteiger partial charge in [-0.1, -0.05) is 17.7 Å². The lowest BCUT2D eigenvalue weighted by Crippen LogP contribution is -2.28. The van der Waals surface area contributed by atoms with E-state index in [-0.39, 0.29) is 35.5 Å². The molecule has 4 aromatic rings. The molecule has 6 N–H and O–H groups in total. The molecule has 5 rings (SSSR count). The zero-order valence-electron chi connectivity index (χ0n) is 22.7. The highest BCUT2D eigenvalue weighted by atomic mass is 35.5. The summed E-state index contributed by atoms with van der Waals surface area (Å²) in [5.74, 6) is -0.0558. The third kappa shape index (κ3) is 6.18. The Morgan fingerprint density at radius 3 is 2.57 bits per heavy atom. The molecule has 216 valence electrons. The van der Waals surface area contributed by atoms with E-state index in [1.807, 2.05) is 9.47 Å². The highest BCUT2D eigenvalue weighted by molar-refractivity contribution is 6.31. The van der Waals surface area contributed by atoms with Gasteiger partial charge < -0.3 is 36.1 Å². The Balaban J connectivity index is 1.44. The van der Waals surface area contributed by atoms with Crippen LogP contribution in [0.1, 0.15) is 33.6 Å². The highest BCUT2D eigenvalue weighted by Crippen LogP contribution is 2.30. The van der Waals surface area contributed by atoms with Gasteiger partial charge >= 0.3 is 0 Å². The lowest BCUT2D eigenvalue weighted by molar-refractivity contribution is -0.127. The Hall–Kier alpha value is -4.96. The first kappa shape index (κ1) is 28.6. The number of Topliss-reactive ketones (excluding diaryl/α,β-unsaturated/α-hetero) is 1. The average Bonchev–Trinajstić information content (AvgIpc) is 3.55. The summed E-state index contributed by atoms with van der Waals surface area (Å²) in [7, 11) is 0. The fraction of sp³-hybridized carbons (Fsp3) is 0.194. The quantitative estimate of drug-likeness (QED) is 0.136. The second-order valence-corrected chi connectivity index (χ2v) is 10.3. The highest BCUT2D eigenvalue weighted by Gasteiger charge is 2.22. The summed E-state index contributed by atoms with van der Waals surface area (Å²) < 4.78 is 13.5. The lowest BCUT2D eigenvalue weighted by Gasteiger charge is -2.16. The van der Waals surface area contributed by atoms with Crippen molar-refractivity contribution in [2.24, 2.45) is 17.2 Å². The van der Waals surface area contributed by atoms with Gasteiger partial charge in [0.05, 0.1) is 11.1 Å². The van der Waals surface area contributed by atoms with Gasteiger partial charge in [-0.05, 0) is 71.9 Å². The van der Waals surface area contributed by atoms with E-state index in [0.717, 1.165) is 22.7 Å². The van der Waals surface area contributed by atoms with E-state index < -0.39 is 5.91 Å². The molecule has 0 saturated carbocycles. The minimum Gasteiger partial charge on any atom is -0.485 e. The minimum atomic E-state index is -0.685. The van der Waals surface area contributed by atoms with Gasteiger partial charge in [0.15, 0.2) is 12.5 Å². The van der Waals surface area contributed by atoms with Crippen molar-refractivity contribution < 1.29 is 23.9 Å². The van der Waals surface area contributed by atoms with Crippen LogP contribution in [0.5, 0.6) is 11.5 Å². The van der Waals surface area contributed by atoms with Crippen LogP contribution in [0.15, 0.2) is 79.0 Å². The Bertz CT molecular complexity index is 1760. The van der Waals surface area contributed by atoms with Gasteiger partial charge in [-0.2, -0.15) is 0 Å². The summed E-state index contributed by atoms with van der Waals surface area (Å²) in [5.41, 5.74) is 18.2. The smallest absolute Gasteiger partial charge is 0.252 e. The summed E-state index contributed by atoms with van der Waals surface area (Å²) in [6.07, 6.45) is 7.54. The van der Waals surface area contributed by atoms with Gasteiger partial charge in [0, 0.05) is 54.3 Å². The van der Waals surface area contributed by atoms with Crippen molar-refractivity contribution in [3.63, 3.8) is 0 Å². The predicted molar refractivity (Wildman–Crippen MR) is 161 cm³/mol. The van der Waals surface area contributed by atoms with Gasteiger partial charge in [0.25, 0.3) is 5.91 Å². The third-order valence-corrected chi connectivity index (χ3v) is 7.30. The van der Waals surface area contributed by atoms with Crippen LogP contribution in [0.2, 0.25) is 5.02 Å². The van der Waals surface area contributed by atoms with Crippen molar-refractivity contribution in [2.45, 2.75) is 19.4 Å². The van der Waals surface area contributed by atoms with Crippen molar-refractivity contribution in [3.05, 3.63) is 95.1 Å². The number of benzene rings is 3. The molecular weight excluding hydrogens is 558 g/mol. The number of rotatable bonds is 11. The maximum absolute atomic E-state index is 13.5. The zero-order chi connectivity index (χ0) is 29.8. The predicted octanol–water partition coefficient (Wildman–Crippen LogP) is 4.08. The molecule has 1 aliphatic heterocycles. The number of primary amides is 1. The van der Waals surface area contributed by atoms with E-state index >= 15 is 0 Å². The number of ether oxygens (including phenoxy) is 2. The number of halogens is 1. The number of allylic oxidation sites excluding steroid dienone is 2. The molecule has 0 unspecified atom stereocenters. The standard InChI is InChI=1S/C31H30ClN5O5/c32-21-6-5-19-15-28(24(31(35)40)14-20(19)13-21)41-18-27(38)25-17-37(12-11-36-10-2-4-30(36)39)26-16-22(7-8-23(25)26)42-29(34)3-1-9-33/h1,3,5-9,13-17H,2,4,10-12,18,33-34H2,(H2,35,40)/b9-1-,29-3+. The second kappa shape index (κ2) is 12.3. The molecule has 0 radical (unpaired) electrons. The molecule has 0 spiro atoms. The maximum Gasteiger partial charge on any atom is 0.252 e.